The fourth-order valence-corrected chi connectivity index (χ4v) is 2.76. The number of H-pyrrole nitrogens is 1. The number of fused-ring (bicyclic) bond motifs is 1. The van der Waals surface area contributed by atoms with E-state index in [9.17, 15) is 9.90 Å². The van der Waals surface area contributed by atoms with Gasteiger partial charge in [-0.3, -0.25) is 9.89 Å². The molecule has 4 N–H and O–H groups in total. The number of rotatable bonds is 7. The average Bonchev–Trinajstić information content (AvgIpc) is 3.13. The molecule has 0 saturated carbocycles. The van der Waals surface area contributed by atoms with Crippen LogP contribution in [0.5, 0.6) is 0 Å². The Morgan fingerprint density at radius 1 is 1.38 bits per heavy atom. The number of thioether (sulfide) groups is 1. The fourth-order valence-electron chi connectivity index (χ4n) is 2.42. The van der Waals surface area contributed by atoms with Crippen LogP contribution in [0, 0.1) is 0 Å². The number of anilines is 2. The molecule has 0 radical (unpaired) electrons. The van der Waals surface area contributed by atoms with Gasteiger partial charge >= 0.3 is 0 Å². The van der Waals surface area contributed by atoms with Crippen LogP contribution in [0.25, 0.3) is 10.9 Å². The number of aliphatic hydroxyl groups excluding tert-OH is 1. The summed E-state index contributed by atoms with van der Waals surface area (Å²) in [6.07, 6.45) is 5.73. The molecule has 3 aromatic rings. The molecule has 0 bridgehead atoms. The molecule has 0 saturated heterocycles. The van der Waals surface area contributed by atoms with Crippen LogP contribution in [0.1, 0.15) is 23.7 Å². The highest BCUT2D eigenvalue weighted by molar-refractivity contribution is 7.98. The summed E-state index contributed by atoms with van der Waals surface area (Å²) in [5, 5.41) is 23.7. The van der Waals surface area contributed by atoms with Gasteiger partial charge in [-0.2, -0.15) is 5.10 Å². The predicted molar refractivity (Wildman–Crippen MR) is 102 cm³/mol. The van der Waals surface area contributed by atoms with E-state index >= 15 is 0 Å². The number of carbonyl (C=O) groups is 1. The maximum absolute atomic E-state index is 12.6. The molecule has 2 heterocycles. The first-order valence-electron chi connectivity index (χ1n) is 8.17. The van der Waals surface area contributed by atoms with E-state index < -0.39 is 0 Å². The van der Waals surface area contributed by atoms with Crippen molar-refractivity contribution in [1.82, 2.24) is 25.5 Å². The Hall–Kier alpha value is -2.65. The summed E-state index contributed by atoms with van der Waals surface area (Å²) in [5.41, 5.74) is 2.03. The zero-order chi connectivity index (χ0) is 18.5. The molecule has 3 rings (SSSR count). The van der Waals surface area contributed by atoms with Crippen molar-refractivity contribution in [1.29, 1.82) is 0 Å². The molecule has 0 unspecified atom stereocenters. The van der Waals surface area contributed by atoms with E-state index in [0.29, 0.717) is 23.0 Å². The predicted octanol–water partition coefficient (Wildman–Crippen LogP) is 2.32. The van der Waals surface area contributed by atoms with E-state index in [0.717, 1.165) is 16.6 Å². The van der Waals surface area contributed by atoms with Gasteiger partial charge in [0, 0.05) is 17.3 Å². The van der Waals surface area contributed by atoms with Gasteiger partial charge < -0.3 is 15.7 Å². The summed E-state index contributed by atoms with van der Waals surface area (Å²) in [7, 11) is 0. The van der Waals surface area contributed by atoms with E-state index in [2.05, 4.69) is 30.8 Å². The monoisotopic (exact) mass is 372 g/mol. The minimum atomic E-state index is -0.328. The lowest BCUT2D eigenvalue weighted by Crippen LogP contribution is -2.37. The molecular weight excluding hydrogens is 352 g/mol. The summed E-state index contributed by atoms with van der Waals surface area (Å²) < 4.78 is 0. The fraction of sp³-hybridized carbons (Fsp3) is 0.294. The van der Waals surface area contributed by atoms with E-state index in [-0.39, 0.29) is 18.6 Å². The molecule has 0 spiro atoms. The maximum Gasteiger partial charge on any atom is 0.256 e. The summed E-state index contributed by atoms with van der Waals surface area (Å²) >= 11 is 1.39. The van der Waals surface area contributed by atoms with E-state index in [1.54, 1.807) is 6.20 Å². The lowest BCUT2D eigenvalue weighted by atomic mass is 10.2. The normalized spacial score (nSPS) is 12.1. The molecule has 1 atom stereocenters. The van der Waals surface area contributed by atoms with Crippen molar-refractivity contribution in [2.24, 2.45) is 0 Å². The second-order valence-corrected chi connectivity index (χ2v) is 6.45. The van der Waals surface area contributed by atoms with Crippen LogP contribution in [-0.4, -0.2) is 50.1 Å². The number of amides is 1. The Morgan fingerprint density at radius 2 is 2.23 bits per heavy atom. The Kier molecular flexibility index (Phi) is 5.69. The highest BCUT2D eigenvalue weighted by Crippen LogP contribution is 2.24. The molecule has 9 heteroatoms. The van der Waals surface area contributed by atoms with Crippen LogP contribution >= 0.6 is 11.8 Å². The second kappa shape index (κ2) is 8.15. The zero-order valence-electron chi connectivity index (χ0n) is 14.5. The molecule has 26 heavy (non-hydrogen) atoms. The number of aromatic amines is 1. The van der Waals surface area contributed by atoms with Crippen LogP contribution in [-0.2, 0) is 0 Å². The number of nitrogens with zero attached hydrogens (tertiary/aromatic N) is 3. The lowest BCUT2D eigenvalue weighted by molar-refractivity contribution is 0.0915. The maximum atomic E-state index is 12.6. The van der Waals surface area contributed by atoms with Gasteiger partial charge in [0.1, 0.15) is 11.4 Å². The first-order valence-corrected chi connectivity index (χ1v) is 9.40. The SMILES string of the molecule is CC[C@H](CO)NC(=O)c1cnc(SC)nc1Nc1ccc2[nH]ncc2c1. The molecule has 2 aromatic heterocycles. The zero-order valence-corrected chi connectivity index (χ0v) is 15.3. The highest BCUT2D eigenvalue weighted by atomic mass is 32.2. The Morgan fingerprint density at radius 3 is 2.96 bits per heavy atom. The topological polar surface area (TPSA) is 116 Å². The van der Waals surface area contributed by atoms with Crippen molar-refractivity contribution in [3.8, 4) is 0 Å². The third-order valence-electron chi connectivity index (χ3n) is 3.95. The van der Waals surface area contributed by atoms with Crippen LogP contribution in [0.4, 0.5) is 11.5 Å². The van der Waals surface area contributed by atoms with Gasteiger partial charge in [0.05, 0.1) is 24.4 Å². The minimum absolute atomic E-state index is 0.119. The van der Waals surface area contributed by atoms with Crippen LogP contribution < -0.4 is 10.6 Å². The van der Waals surface area contributed by atoms with Gasteiger partial charge in [0.15, 0.2) is 5.16 Å². The standard InChI is InChI=1S/C17H20N6O2S/c1-3-11(9-24)21-16(25)13-8-18-17(26-2)22-15(13)20-12-4-5-14-10(6-12)7-19-23-14/h4-8,11,24H,3,9H2,1-2H3,(H,19,23)(H,21,25)(H,18,20,22)/t11-/m1/s1. The van der Waals surface area contributed by atoms with Crippen molar-refractivity contribution < 1.29 is 9.90 Å². The van der Waals surface area contributed by atoms with Crippen LogP contribution in [0.15, 0.2) is 35.7 Å². The number of aromatic nitrogens is 4. The number of nitrogens with one attached hydrogen (secondary N) is 3. The first-order chi connectivity index (χ1) is 12.6. The molecule has 0 aliphatic rings. The average molecular weight is 372 g/mol. The smallest absolute Gasteiger partial charge is 0.256 e. The number of aliphatic hydroxyl groups is 1. The Labute approximate surface area is 154 Å². The van der Waals surface area contributed by atoms with Crippen molar-refractivity contribution in [3.05, 3.63) is 36.2 Å². The molecule has 0 aliphatic carbocycles. The van der Waals surface area contributed by atoms with Crippen LogP contribution in [0.2, 0.25) is 0 Å². The lowest BCUT2D eigenvalue weighted by Gasteiger charge is -2.16. The first kappa shape index (κ1) is 18.2. The van der Waals surface area contributed by atoms with Crippen molar-refractivity contribution in [2.75, 3.05) is 18.2 Å². The number of carbonyl (C=O) groups excluding carboxylic acids is 1. The van der Waals surface area contributed by atoms with Gasteiger partial charge in [-0.25, -0.2) is 9.97 Å². The second-order valence-electron chi connectivity index (χ2n) is 5.68. The largest absolute Gasteiger partial charge is 0.394 e. The van der Waals surface area contributed by atoms with Crippen molar-refractivity contribution in [3.63, 3.8) is 0 Å². The number of hydrogen-bond acceptors (Lipinski definition) is 7. The van der Waals surface area contributed by atoms with E-state index in [4.69, 9.17) is 0 Å². The molecular formula is C17H20N6O2S. The Balaban J connectivity index is 1.91. The molecule has 1 aromatic carbocycles. The molecule has 0 aliphatic heterocycles. The summed E-state index contributed by atoms with van der Waals surface area (Å²) in [6.45, 7) is 1.78. The van der Waals surface area contributed by atoms with Gasteiger partial charge in [-0.15, -0.1) is 0 Å². The van der Waals surface area contributed by atoms with Gasteiger partial charge in [0.25, 0.3) is 5.91 Å². The van der Waals surface area contributed by atoms with Crippen molar-refractivity contribution >= 4 is 40.1 Å². The third-order valence-corrected chi connectivity index (χ3v) is 4.51. The third kappa shape index (κ3) is 3.94. The quantitative estimate of drug-likeness (QED) is 0.371. The van der Waals surface area contributed by atoms with Gasteiger partial charge in [-0.05, 0) is 30.9 Å². The summed E-state index contributed by atoms with van der Waals surface area (Å²) in [5.74, 6) is 0.0860. The molecule has 1 amide bonds. The van der Waals surface area contributed by atoms with Gasteiger partial charge in [-0.1, -0.05) is 18.7 Å². The van der Waals surface area contributed by atoms with E-state index in [1.165, 1.54) is 18.0 Å². The van der Waals surface area contributed by atoms with Crippen LogP contribution in [0.3, 0.4) is 0 Å². The Bertz CT molecular complexity index is 909. The highest BCUT2D eigenvalue weighted by Gasteiger charge is 2.18. The summed E-state index contributed by atoms with van der Waals surface area (Å²) in [6, 6.07) is 5.40. The number of benzene rings is 1. The van der Waals surface area contributed by atoms with Gasteiger partial charge in [0.2, 0.25) is 0 Å². The summed E-state index contributed by atoms with van der Waals surface area (Å²) in [4.78, 5) is 21.2. The molecule has 0 fully saturated rings. The molecule has 8 nitrogen and oxygen atoms in total. The number of hydrogen-bond donors (Lipinski definition) is 4. The van der Waals surface area contributed by atoms with E-state index in [1.807, 2.05) is 31.4 Å². The molecule has 136 valence electrons. The minimum Gasteiger partial charge on any atom is -0.394 e. The van der Waals surface area contributed by atoms with Crippen molar-refractivity contribution in [2.45, 2.75) is 24.5 Å².